The number of hydrogen-bond donors (Lipinski definition) is 1. The lowest BCUT2D eigenvalue weighted by Gasteiger charge is -2.06. The maximum Gasteiger partial charge on any atom is 0.228 e. The standard InChI is InChI=1S/C23H17BrN2OS/c24-19-10-6-16(7-11-19)14-22(27)25-20-12-8-17(9-13-20)21-15-28-23(26-21)18-4-2-1-3-5-18/h1-13,15H,14H2,(H,25,27). The number of benzene rings is 3. The fourth-order valence-electron chi connectivity index (χ4n) is 2.84. The van der Waals surface area contributed by atoms with Crippen molar-refractivity contribution in [3.05, 3.63) is 94.3 Å². The molecular weight excluding hydrogens is 432 g/mol. The largest absolute Gasteiger partial charge is 0.326 e. The van der Waals surface area contributed by atoms with Crippen LogP contribution < -0.4 is 5.32 Å². The molecule has 0 atom stereocenters. The van der Waals surface area contributed by atoms with E-state index in [4.69, 9.17) is 4.98 Å². The number of nitrogens with zero attached hydrogens (tertiary/aromatic N) is 1. The van der Waals surface area contributed by atoms with E-state index in [1.165, 1.54) is 0 Å². The van der Waals surface area contributed by atoms with Crippen LogP contribution >= 0.6 is 27.3 Å². The Labute approximate surface area is 176 Å². The van der Waals surface area contributed by atoms with Gasteiger partial charge in [-0.1, -0.05) is 70.5 Å². The number of anilines is 1. The highest BCUT2D eigenvalue weighted by molar-refractivity contribution is 9.10. The van der Waals surface area contributed by atoms with Crippen LogP contribution in [0.3, 0.4) is 0 Å². The minimum Gasteiger partial charge on any atom is -0.326 e. The predicted octanol–water partition coefficient (Wildman–Crippen LogP) is 6.42. The van der Waals surface area contributed by atoms with Gasteiger partial charge in [-0.25, -0.2) is 4.98 Å². The van der Waals surface area contributed by atoms with E-state index in [-0.39, 0.29) is 5.91 Å². The first-order valence-electron chi connectivity index (χ1n) is 8.83. The van der Waals surface area contributed by atoms with E-state index in [0.717, 1.165) is 37.6 Å². The van der Waals surface area contributed by atoms with Crippen LogP contribution in [-0.4, -0.2) is 10.9 Å². The molecule has 0 radical (unpaired) electrons. The summed E-state index contributed by atoms with van der Waals surface area (Å²) in [7, 11) is 0. The lowest BCUT2D eigenvalue weighted by atomic mass is 10.1. The van der Waals surface area contributed by atoms with Gasteiger partial charge in [0.1, 0.15) is 5.01 Å². The Bertz CT molecular complexity index is 1070. The van der Waals surface area contributed by atoms with Crippen LogP contribution in [0.15, 0.2) is 88.7 Å². The van der Waals surface area contributed by atoms with Crippen molar-refractivity contribution in [3.63, 3.8) is 0 Å². The average molecular weight is 449 g/mol. The predicted molar refractivity (Wildman–Crippen MR) is 119 cm³/mol. The molecule has 1 heterocycles. The molecule has 0 saturated carbocycles. The van der Waals surface area contributed by atoms with Crippen molar-refractivity contribution in [2.75, 3.05) is 5.32 Å². The van der Waals surface area contributed by atoms with Crippen LogP contribution in [0.1, 0.15) is 5.56 Å². The van der Waals surface area contributed by atoms with Gasteiger partial charge < -0.3 is 5.32 Å². The number of nitrogens with one attached hydrogen (secondary N) is 1. The van der Waals surface area contributed by atoms with Crippen molar-refractivity contribution in [1.29, 1.82) is 0 Å². The smallest absolute Gasteiger partial charge is 0.228 e. The molecule has 0 aliphatic rings. The minimum absolute atomic E-state index is 0.0323. The third kappa shape index (κ3) is 4.55. The first-order valence-corrected chi connectivity index (χ1v) is 10.5. The molecule has 4 rings (SSSR count). The van der Waals surface area contributed by atoms with E-state index in [2.05, 4.69) is 38.8 Å². The molecule has 0 fully saturated rings. The molecule has 0 aliphatic carbocycles. The molecule has 3 aromatic carbocycles. The van der Waals surface area contributed by atoms with Crippen LogP contribution in [0.25, 0.3) is 21.8 Å². The molecule has 0 bridgehead atoms. The number of rotatable bonds is 5. The second-order valence-electron chi connectivity index (χ2n) is 6.33. The zero-order valence-electron chi connectivity index (χ0n) is 14.9. The summed E-state index contributed by atoms with van der Waals surface area (Å²) in [5, 5.41) is 6.01. The van der Waals surface area contributed by atoms with Crippen molar-refractivity contribution in [2.45, 2.75) is 6.42 Å². The zero-order chi connectivity index (χ0) is 19.3. The van der Waals surface area contributed by atoms with Crippen LogP contribution in [-0.2, 0) is 11.2 Å². The van der Waals surface area contributed by atoms with Crippen molar-refractivity contribution in [3.8, 4) is 21.8 Å². The van der Waals surface area contributed by atoms with E-state index in [0.29, 0.717) is 6.42 Å². The third-order valence-corrected chi connectivity index (χ3v) is 5.69. The average Bonchev–Trinajstić information content (AvgIpc) is 3.21. The molecule has 1 N–H and O–H groups in total. The molecule has 5 heteroatoms. The summed E-state index contributed by atoms with van der Waals surface area (Å²) in [6.45, 7) is 0. The fourth-order valence-corrected chi connectivity index (χ4v) is 3.94. The summed E-state index contributed by atoms with van der Waals surface area (Å²) in [4.78, 5) is 17.0. The molecule has 0 unspecified atom stereocenters. The van der Waals surface area contributed by atoms with Gasteiger partial charge in [0.25, 0.3) is 0 Å². The molecule has 1 aromatic heterocycles. The molecule has 3 nitrogen and oxygen atoms in total. The Kier molecular flexibility index (Phi) is 5.65. The van der Waals surface area contributed by atoms with Crippen molar-refractivity contribution in [2.24, 2.45) is 0 Å². The lowest BCUT2D eigenvalue weighted by molar-refractivity contribution is -0.115. The van der Waals surface area contributed by atoms with Crippen LogP contribution in [0.4, 0.5) is 5.69 Å². The molecule has 0 aliphatic heterocycles. The monoisotopic (exact) mass is 448 g/mol. The summed E-state index contributed by atoms with van der Waals surface area (Å²) in [5.41, 5.74) is 4.86. The Morgan fingerprint density at radius 3 is 2.32 bits per heavy atom. The number of amides is 1. The third-order valence-electron chi connectivity index (χ3n) is 4.27. The number of hydrogen-bond acceptors (Lipinski definition) is 3. The Hall–Kier alpha value is -2.76. The summed E-state index contributed by atoms with van der Waals surface area (Å²) in [6, 6.07) is 25.7. The second kappa shape index (κ2) is 8.50. The normalized spacial score (nSPS) is 10.6. The van der Waals surface area contributed by atoms with Gasteiger partial charge in [-0.3, -0.25) is 4.79 Å². The highest BCUT2D eigenvalue weighted by atomic mass is 79.9. The Morgan fingerprint density at radius 1 is 0.893 bits per heavy atom. The van der Waals surface area contributed by atoms with Gasteiger partial charge in [-0.2, -0.15) is 0 Å². The van der Waals surface area contributed by atoms with Crippen molar-refractivity contribution >= 4 is 38.9 Å². The highest BCUT2D eigenvalue weighted by Gasteiger charge is 2.08. The SMILES string of the molecule is O=C(Cc1ccc(Br)cc1)Nc1ccc(-c2csc(-c3ccccc3)n2)cc1. The van der Waals surface area contributed by atoms with Gasteiger partial charge in [-0.05, 0) is 29.8 Å². The number of halogens is 1. The van der Waals surface area contributed by atoms with Gasteiger partial charge in [0.15, 0.2) is 0 Å². The zero-order valence-corrected chi connectivity index (χ0v) is 17.3. The number of carbonyl (C=O) groups is 1. The van der Waals surface area contributed by atoms with E-state index in [1.807, 2.05) is 66.7 Å². The molecule has 0 spiro atoms. The Balaban J connectivity index is 1.42. The maximum absolute atomic E-state index is 12.2. The second-order valence-corrected chi connectivity index (χ2v) is 8.11. The first kappa shape index (κ1) is 18.6. The maximum atomic E-state index is 12.2. The summed E-state index contributed by atoms with van der Waals surface area (Å²) in [5.74, 6) is -0.0323. The van der Waals surface area contributed by atoms with Gasteiger partial charge in [0, 0.05) is 26.7 Å². The molecule has 138 valence electrons. The van der Waals surface area contributed by atoms with Crippen LogP contribution in [0, 0.1) is 0 Å². The molecule has 1 amide bonds. The minimum atomic E-state index is -0.0323. The topological polar surface area (TPSA) is 42.0 Å². The van der Waals surface area contributed by atoms with E-state index in [9.17, 15) is 4.79 Å². The van der Waals surface area contributed by atoms with E-state index < -0.39 is 0 Å². The van der Waals surface area contributed by atoms with E-state index in [1.54, 1.807) is 11.3 Å². The number of aromatic nitrogens is 1. The lowest BCUT2D eigenvalue weighted by Crippen LogP contribution is -2.14. The summed E-state index contributed by atoms with van der Waals surface area (Å²) < 4.78 is 1.00. The quantitative estimate of drug-likeness (QED) is 0.382. The van der Waals surface area contributed by atoms with Crippen LogP contribution in [0.2, 0.25) is 0 Å². The molecule has 4 aromatic rings. The fraction of sp³-hybridized carbons (Fsp3) is 0.0435. The van der Waals surface area contributed by atoms with E-state index >= 15 is 0 Å². The molecule has 0 saturated heterocycles. The van der Waals surface area contributed by atoms with Gasteiger partial charge >= 0.3 is 0 Å². The number of thiazole rings is 1. The van der Waals surface area contributed by atoms with Crippen molar-refractivity contribution < 1.29 is 4.79 Å². The van der Waals surface area contributed by atoms with Gasteiger partial charge in [-0.15, -0.1) is 11.3 Å². The molecule has 28 heavy (non-hydrogen) atoms. The number of carbonyl (C=O) groups excluding carboxylic acids is 1. The van der Waals surface area contributed by atoms with Gasteiger partial charge in [0.05, 0.1) is 12.1 Å². The Morgan fingerprint density at radius 2 is 1.61 bits per heavy atom. The van der Waals surface area contributed by atoms with Gasteiger partial charge in [0.2, 0.25) is 5.91 Å². The van der Waals surface area contributed by atoms with Crippen molar-refractivity contribution in [1.82, 2.24) is 4.98 Å². The first-order chi connectivity index (χ1) is 13.7. The summed E-state index contributed by atoms with van der Waals surface area (Å²) >= 11 is 5.03. The molecular formula is C23H17BrN2OS. The summed E-state index contributed by atoms with van der Waals surface area (Å²) in [6.07, 6.45) is 0.349. The highest BCUT2D eigenvalue weighted by Crippen LogP contribution is 2.29. The van der Waals surface area contributed by atoms with Crippen LogP contribution in [0.5, 0.6) is 0 Å².